The van der Waals surface area contributed by atoms with Crippen molar-refractivity contribution >= 4 is 20.9 Å². The van der Waals surface area contributed by atoms with Gasteiger partial charge in [-0.1, -0.05) is 60.2 Å². The molecule has 4 rings (SSSR count). The number of pyridine rings is 1. The van der Waals surface area contributed by atoms with Crippen LogP contribution in [-0.4, -0.2) is 17.7 Å². The number of nitrogens with one attached hydrogen (secondary N) is 1. The van der Waals surface area contributed by atoms with E-state index in [2.05, 4.69) is 4.98 Å². The second-order valence-electron chi connectivity index (χ2n) is 8.18. The molecule has 0 atom stereocenters. The number of H-pyrrole nitrogens is 1. The predicted octanol–water partition coefficient (Wildman–Crippen LogP) is 4.84. The van der Waals surface area contributed by atoms with Gasteiger partial charge in [-0.15, -0.1) is 0 Å². The first-order valence-electron chi connectivity index (χ1n) is 10.5. The highest BCUT2D eigenvalue weighted by Gasteiger charge is 2.26. The van der Waals surface area contributed by atoms with Gasteiger partial charge in [0.05, 0.1) is 10.4 Å². The summed E-state index contributed by atoms with van der Waals surface area (Å²) < 4.78 is 28.4. The van der Waals surface area contributed by atoms with Crippen LogP contribution in [0.1, 0.15) is 27.8 Å². The van der Waals surface area contributed by atoms with Gasteiger partial charge in [0.1, 0.15) is 0 Å². The van der Waals surface area contributed by atoms with Crippen LogP contribution in [0.4, 0.5) is 0 Å². The van der Waals surface area contributed by atoms with Crippen LogP contribution in [0.25, 0.3) is 10.9 Å². The van der Waals surface area contributed by atoms with Crippen molar-refractivity contribution in [2.24, 2.45) is 0 Å². The monoisotopic (exact) mass is 446 g/mol. The minimum absolute atomic E-state index is 0.0240. The van der Waals surface area contributed by atoms with E-state index in [9.17, 15) is 13.2 Å². The number of rotatable bonds is 6. The van der Waals surface area contributed by atoms with Crippen LogP contribution in [-0.2, 0) is 23.1 Å². The van der Waals surface area contributed by atoms with E-state index in [1.807, 2.05) is 63.2 Å². The molecule has 164 valence electrons. The van der Waals surface area contributed by atoms with Crippen molar-refractivity contribution in [3.63, 3.8) is 0 Å². The lowest BCUT2D eigenvalue weighted by Crippen LogP contribution is -2.32. The number of nitrogens with zero attached hydrogens (tertiary/aromatic N) is 1. The summed E-state index contributed by atoms with van der Waals surface area (Å²) in [4.78, 5) is 16.1. The highest BCUT2D eigenvalue weighted by atomic mass is 32.2. The standard InChI is InChI=1S/C26H26N2O3S/c1-18-9-13-21(14-10-18)16-28(32(30,31)23-7-5-4-6-8-23)17-22-15-24-19(2)11-12-20(3)25(24)27-26(22)29/h4-15H,16-17H2,1-3H3,(H,27,29). The molecule has 0 fully saturated rings. The molecule has 0 spiro atoms. The third kappa shape index (κ3) is 4.38. The maximum Gasteiger partial charge on any atom is 0.252 e. The Bertz CT molecular complexity index is 1420. The van der Waals surface area contributed by atoms with Crippen molar-refractivity contribution in [3.05, 3.63) is 111 Å². The number of aryl methyl sites for hydroxylation is 3. The molecule has 0 saturated heterocycles. The summed E-state index contributed by atoms with van der Waals surface area (Å²) in [5.41, 5.74) is 4.89. The van der Waals surface area contributed by atoms with Crippen molar-refractivity contribution in [1.82, 2.24) is 9.29 Å². The average molecular weight is 447 g/mol. The molecule has 4 aromatic rings. The lowest BCUT2D eigenvalue weighted by atomic mass is 10.0. The SMILES string of the molecule is Cc1ccc(CN(Cc2cc3c(C)ccc(C)c3[nH]c2=O)S(=O)(=O)c2ccccc2)cc1. The van der Waals surface area contributed by atoms with Crippen LogP contribution in [0, 0.1) is 20.8 Å². The summed E-state index contributed by atoms with van der Waals surface area (Å²) in [6.45, 7) is 6.06. The first kappa shape index (κ1) is 22.0. The Labute approximate surface area is 188 Å². The van der Waals surface area contributed by atoms with E-state index in [1.165, 1.54) is 4.31 Å². The van der Waals surface area contributed by atoms with Crippen molar-refractivity contribution in [2.75, 3.05) is 0 Å². The number of aromatic amines is 1. The van der Waals surface area contributed by atoms with Gasteiger partial charge in [0.2, 0.25) is 10.0 Å². The third-order valence-corrected chi connectivity index (χ3v) is 7.53. The number of aromatic nitrogens is 1. The lowest BCUT2D eigenvalue weighted by molar-refractivity contribution is 0.400. The molecule has 0 aliphatic heterocycles. The summed E-state index contributed by atoms with van der Waals surface area (Å²) in [6.07, 6.45) is 0. The minimum atomic E-state index is -3.82. The quantitative estimate of drug-likeness (QED) is 0.461. The first-order chi connectivity index (χ1) is 15.3. The zero-order valence-electron chi connectivity index (χ0n) is 18.4. The number of benzene rings is 3. The smallest absolute Gasteiger partial charge is 0.252 e. The van der Waals surface area contributed by atoms with Gasteiger partial charge in [-0.05, 0) is 55.7 Å². The van der Waals surface area contributed by atoms with Crippen molar-refractivity contribution < 1.29 is 8.42 Å². The van der Waals surface area contributed by atoms with Gasteiger partial charge in [-0.2, -0.15) is 4.31 Å². The molecule has 6 heteroatoms. The fraction of sp³-hybridized carbons (Fsp3) is 0.192. The molecule has 0 aliphatic carbocycles. The van der Waals surface area contributed by atoms with E-state index in [4.69, 9.17) is 0 Å². The van der Waals surface area contributed by atoms with Gasteiger partial charge in [-0.25, -0.2) is 8.42 Å². The van der Waals surface area contributed by atoms with E-state index < -0.39 is 10.0 Å². The molecule has 3 aromatic carbocycles. The van der Waals surface area contributed by atoms with Gasteiger partial charge < -0.3 is 4.98 Å². The fourth-order valence-electron chi connectivity index (χ4n) is 3.79. The molecule has 0 saturated carbocycles. The molecule has 0 amide bonds. The van der Waals surface area contributed by atoms with E-state index in [-0.39, 0.29) is 23.5 Å². The van der Waals surface area contributed by atoms with Gasteiger partial charge >= 0.3 is 0 Å². The van der Waals surface area contributed by atoms with Gasteiger partial charge in [0.15, 0.2) is 0 Å². The molecule has 0 radical (unpaired) electrons. The highest BCUT2D eigenvalue weighted by Crippen LogP contribution is 2.23. The predicted molar refractivity (Wildman–Crippen MR) is 128 cm³/mol. The molecule has 1 heterocycles. The Morgan fingerprint density at radius 3 is 2.16 bits per heavy atom. The van der Waals surface area contributed by atoms with Crippen LogP contribution in [0.3, 0.4) is 0 Å². The van der Waals surface area contributed by atoms with E-state index in [0.29, 0.717) is 5.56 Å². The molecular weight excluding hydrogens is 420 g/mol. The van der Waals surface area contributed by atoms with Crippen LogP contribution >= 0.6 is 0 Å². The normalized spacial score (nSPS) is 11.9. The van der Waals surface area contributed by atoms with Gasteiger partial charge in [-0.3, -0.25) is 4.79 Å². The lowest BCUT2D eigenvalue weighted by Gasteiger charge is -2.23. The van der Waals surface area contributed by atoms with Crippen LogP contribution in [0.2, 0.25) is 0 Å². The molecule has 32 heavy (non-hydrogen) atoms. The number of fused-ring (bicyclic) bond motifs is 1. The fourth-order valence-corrected chi connectivity index (χ4v) is 5.22. The Morgan fingerprint density at radius 2 is 1.47 bits per heavy atom. The molecule has 0 aliphatic rings. The minimum Gasteiger partial charge on any atom is -0.321 e. The largest absolute Gasteiger partial charge is 0.321 e. The van der Waals surface area contributed by atoms with Crippen LogP contribution < -0.4 is 5.56 Å². The van der Waals surface area contributed by atoms with Gasteiger partial charge in [0, 0.05) is 24.0 Å². The molecular formula is C26H26N2O3S. The van der Waals surface area contributed by atoms with E-state index in [1.54, 1.807) is 30.3 Å². The number of hydrogen-bond acceptors (Lipinski definition) is 3. The highest BCUT2D eigenvalue weighted by molar-refractivity contribution is 7.89. The van der Waals surface area contributed by atoms with E-state index in [0.717, 1.165) is 33.2 Å². The Hall–Kier alpha value is -3.22. The molecule has 1 aromatic heterocycles. The molecule has 1 N–H and O–H groups in total. The van der Waals surface area contributed by atoms with Crippen LogP contribution in [0.5, 0.6) is 0 Å². The summed E-state index contributed by atoms with van der Waals surface area (Å²) in [5, 5.41) is 0.923. The maximum atomic E-state index is 13.5. The number of sulfonamides is 1. The zero-order valence-corrected chi connectivity index (χ0v) is 19.2. The third-order valence-electron chi connectivity index (χ3n) is 5.73. The second kappa shape index (κ2) is 8.73. The van der Waals surface area contributed by atoms with Crippen molar-refractivity contribution in [1.29, 1.82) is 0 Å². The first-order valence-corrected chi connectivity index (χ1v) is 11.9. The maximum absolute atomic E-state index is 13.5. The Balaban J connectivity index is 1.80. The second-order valence-corrected chi connectivity index (χ2v) is 10.1. The summed E-state index contributed by atoms with van der Waals surface area (Å²) in [6, 6.07) is 21.9. The van der Waals surface area contributed by atoms with Crippen LogP contribution in [0.15, 0.2) is 82.5 Å². The Kier molecular flexibility index (Phi) is 6.00. The topological polar surface area (TPSA) is 70.2 Å². The zero-order chi connectivity index (χ0) is 22.9. The molecule has 0 bridgehead atoms. The van der Waals surface area contributed by atoms with E-state index >= 15 is 0 Å². The average Bonchev–Trinajstić information content (AvgIpc) is 2.78. The molecule has 5 nitrogen and oxygen atoms in total. The van der Waals surface area contributed by atoms with Crippen molar-refractivity contribution in [2.45, 2.75) is 38.8 Å². The molecule has 0 unspecified atom stereocenters. The number of hydrogen-bond donors (Lipinski definition) is 1. The Morgan fingerprint density at radius 1 is 0.812 bits per heavy atom. The summed E-state index contributed by atoms with van der Waals surface area (Å²) in [5.74, 6) is 0. The van der Waals surface area contributed by atoms with Crippen molar-refractivity contribution in [3.8, 4) is 0 Å². The van der Waals surface area contributed by atoms with Gasteiger partial charge in [0.25, 0.3) is 5.56 Å². The summed E-state index contributed by atoms with van der Waals surface area (Å²) >= 11 is 0. The summed E-state index contributed by atoms with van der Waals surface area (Å²) in [7, 11) is -3.82.